The number of hydrogen-bond acceptors (Lipinski definition) is 3. The highest BCUT2D eigenvalue weighted by molar-refractivity contribution is 9.10. The maximum Gasteiger partial charge on any atom is 0.250 e. The van der Waals surface area contributed by atoms with Crippen LogP contribution in [0.2, 0.25) is 0 Å². The molecule has 0 bridgehead atoms. The highest BCUT2D eigenvalue weighted by atomic mass is 79.9. The number of rotatable bonds is 3. The summed E-state index contributed by atoms with van der Waals surface area (Å²) in [5, 5.41) is 0. The molecule has 0 saturated heterocycles. The average Bonchev–Trinajstić information content (AvgIpc) is 2.37. The van der Waals surface area contributed by atoms with Gasteiger partial charge in [0, 0.05) is 10.2 Å². The van der Waals surface area contributed by atoms with Gasteiger partial charge < -0.3 is 16.2 Å². The molecule has 20 heavy (non-hydrogen) atoms. The predicted molar refractivity (Wildman–Crippen MR) is 73.5 cm³/mol. The minimum Gasteiger partial charge on any atom is -0.454 e. The summed E-state index contributed by atoms with van der Waals surface area (Å²) in [5.41, 5.74) is 10.9. The lowest BCUT2D eigenvalue weighted by molar-refractivity contribution is 0.100. The third kappa shape index (κ3) is 2.88. The Labute approximate surface area is 121 Å². The Hall–Kier alpha value is -2.15. The number of carbonyl (C=O) groups is 1. The van der Waals surface area contributed by atoms with Gasteiger partial charge in [-0.1, -0.05) is 15.9 Å². The number of nitrogens with two attached hydrogens (primary N) is 2. The smallest absolute Gasteiger partial charge is 0.250 e. The van der Waals surface area contributed by atoms with Crippen LogP contribution in [-0.2, 0) is 0 Å². The van der Waals surface area contributed by atoms with E-state index in [-0.39, 0.29) is 22.7 Å². The van der Waals surface area contributed by atoms with Crippen molar-refractivity contribution in [3.05, 3.63) is 52.0 Å². The topological polar surface area (TPSA) is 78.3 Å². The Morgan fingerprint density at radius 2 is 1.90 bits per heavy atom. The van der Waals surface area contributed by atoms with E-state index in [2.05, 4.69) is 15.9 Å². The van der Waals surface area contributed by atoms with E-state index in [1.807, 2.05) is 0 Å². The van der Waals surface area contributed by atoms with Crippen LogP contribution >= 0.6 is 15.9 Å². The van der Waals surface area contributed by atoms with Crippen molar-refractivity contribution in [2.45, 2.75) is 0 Å². The zero-order valence-corrected chi connectivity index (χ0v) is 11.6. The Balaban J connectivity index is 2.40. The van der Waals surface area contributed by atoms with Crippen molar-refractivity contribution in [2.24, 2.45) is 5.73 Å². The second kappa shape index (κ2) is 5.46. The van der Waals surface area contributed by atoms with Crippen LogP contribution in [0.4, 0.5) is 14.5 Å². The summed E-state index contributed by atoms with van der Waals surface area (Å²) in [6, 6.07) is 6.30. The van der Waals surface area contributed by atoms with E-state index in [4.69, 9.17) is 16.2 Å². The van der Waals surface area contributed by atoms with Gasteiger partial charge in [-0.15, -0.1) is 0 Å². The lowest BCUT2D eigenvalue weighted by Gasteiger charge is -2.10. The third-order valence-electron chi connectivity index (χ3n) is 2.48. The molecule has 0 spiro atoms. The van der Waals surface area contributed by atoms with Gasteiger partial charge in [-0.2, -0.15) is 4.39 Å². The van der Waals surface area contributed by atoms with Crippen molar-refractivity contribution in [3.8, 4) is 11.5 Å². The Bertz CT molecular complexity index is 692. The number of carbonyl (C=O) groups excluding carboxylic acids is 1. The van der Waals surface area contributed by atoms with Gasteiger partial charge in [0.15, 0.2) is 11.6 Å². The zero-order chi connectivity index (χ0) is 14.9. The molecule has 4 N–H and O–H groups in total. The first-order chi connectivity index (χ1) is 9.38. The average molecular weight is 343 g/mol. The standard InChI is InChI=1S/C13H9BrF2N2O2/c14-6-3-9(15)12(16)11(4-6)20-7-1-2-10(17)8(5-7)13(18)19/h1-5H,17H2,(H2,18,19). The molecule has 1 amide bonds. The number of halogens is 3. The molecular formula is C13H9BrF2N2O2. The van der Waals surface area contributed by atoms with Crippen LogP contribution in [0.25, 0.3) is 0 Å². The Kier molecular flexibility index (Phi) is 3.89. The number of ether oxygens (including phenoxy) is 1. The van der Waals surface area contributed by atoms with Crippen molar-refractivity contribution in [1.82, 2.24) is 0 Å². The Morgan fingerprint density at radius 1 is 1.20 bits per heavy atom. The molecule has 2 aromatic carbocycles. The largest absolute Gasteiger partial charge is 0.454 e. The number of primary amides is 1. The van der Waals surface area contributed by atoms with Crippen molar-refractivity contribution in [1.29, 1.82) is 0 Å². The molecule has 0 aromatic heterocycles. The predicted octanol–water partition coefficient (Wildman–Crippen LogP) is 3.20. The number of nitrogen functional groups attached to an aromatic ring is 1. The van der Waals surface area contributed by atoms with E-state index in [1.165, 1.54) is 24.3 Å². The van der Waals surface area contributed by atoms with Crippen LogP contribution in [0.1, 0.15) is 10.4 Å². The van der Waals surface area contributed by atoms with E-state index in [9.17, 15) is 13.6 Å². The summed E-state index contributed by atoms with van der Waals surface area (Å²) in [6.45, 7) is 0. The lowest BCUT2D eigenvalue weighted by Crippen LogP contribution is -2.13. The minimum absolute atomic E-state index is 0.0402. The molecule has 0 unspecified atom stereocenters. The van der Waals surface area contributed by atoms with Crippen molar-refractivity contribution < 1.29 is 18.3 Å². The Morgan fingerprint density at radius 3 is 2.55 bits per heavy atom. The lowest BCUT2D eigenvalue weighted by atomic mass is 10.1. The van der Waals surface area contributed by atoms with Crippen molar-refractivity contribution in [2.75, 3.05) is 5.73 Å². The molecule has 0 atom stereocenters. The van der Waals surface area contributed by atoms with Crippen LogP contribution in [0, 0.1) is 11.6 Å². The van der Waals surface area contributed by atoms with E-state index in [0.717, 1.165) is 6.07 Å². The van der Waals surface area contributed by atoms with Crippen LogP contribution < -0.4 is 16.2 Å². The van der Waals surface area contributed by atoms with Gasteiger partial charge in [0.25, 0.3) is 5.91 Å². The van der Waals surface area contributed by atoms with Crippen molar-refractivity contribution in [3.63, 3.8) is 0 Å². The normalized spacial score (nSPS) is 10.3. The van der Waals surface area contributed by atoms with E-state index < -0.39 is 17.5 Å². The summed E-state index contributed by atoms with van der Waals surface area (Å²) in [6.07, 6.45) is 0. The molecule has 0 aliphatic carbocycles. The summed E-state index contributed by atoms with van der Waals surface area (Å²) < 4.78 is 32.3. The second-order valence-electron chi connectivity index (χ2n) is 3.92. The maximum atomic E-state index is 13.6. The number of hydrogen-bond donors (Lipinski definition) is 2. The third-order valence-corrected chi connectivity index (χ3v) is 2.94. The number of amides is 1. The number of anilines is 1. The summed E-state index contributed by atoms with van der Waals surface area (Å²) in [5.74, 6) is -3.14. The van der Waals surface area contributed by atoms with E-state index >= 15 is 0 Å². The second-order valence-corrected chi connectivity index (χ2v) is 4.83. The quantitative estimate of drug-likeness (QED) is 0.664. The fraction of sp³-hybridized carbons (Fsp3) is 0. The summed E-state index contributed by atoms with van der Waals surface area (Å²) in [4.78, 5) is 11.1. The first-order valence-electron chi connectivity index (χ1n) is 5.40. The highest BCUT2D eigenvalue weighted by Crippen LogP contribution is 2.30. The highest BCUT2D eigenvalue weighted by Gasteiger charge is 2.14. The van der Waals surface area contributed by atoms with Gasteiger partial charge >= 0.3 is 0 Å². The molecule has 7 heteroatoms. The van der Waals surface area contributed by atoms with E-state index in [1.54, 1.807) is 0 Å². The van der Waals surface area contributed by atoms with Gasteiger partial charge in [0.05, 0.1) is 5.56 Å². The van der Waals surface area contributed by atoms with Crippen LogP contribution in [0.3, 0.4) is 0 Å². The summed E-state index contributed by atoms with van der Waals surface area (Å²) in [7, 11) is 0. The van der Waals surface area contributed by atoms with Crippen LogP contribution in [0.5, 0.6) is 11.5 Å². The molecule has 0 radical (unpaired) electrons. The SMILES string of the molecule is NC(=O)c1cc(Oc2cc(Br)cc(F)c2F)ccc1N. The fourth-order valence-electron chi connectivity index (χ4n) is 1.55. The molecule has 104 valence electrons. The molecule has 2 rings (SSSR count). The van der Waals surface area contributed by atoms with Crippen LogP contribution in [-0.4, -0.2) is 5.91 Å². The zero-order valence-electron chi connectivity index (χ0n) is 9.99. The van der Waals surface area contributed by atoms with Crippen LogP contribution in [0.15, 0.2) is 34.8 Å². The summed E-state index contributed by atoms with van der Waals surface area (Å²) >= 11 is 3.03. The van der Waals surface area contributed by atoms with Gasteiger partial charge in [0.1, 0.15) is 5.75 Å². The molecule has 2 aromatic rings. The van der Waals surface area contributed by atoms with Gasteiger partial charge in [-0.25, -0.2) is 4.39 Å². The molecule has 4 nitrogen and oxygen atoms in total. The first-order valence-corrected chi connectivity index (χ1v) is 6.19. The molecular weight excluding hydrogens is 334 g/mol. The van der Waals surface area contributed by atoms with Gasteiger partial charge in [0.2, 0.25) is 5.82 Å². The minimum atomic E-state index is -1.13. The maximum absolute atomic E-state index is 13.6. The van der Waals surface area contributed by atoms with Crippen molar-refractivity contribution >= 4 is 27.5 Å². The van der Waals surface area contributed by atoms with Gasteiger partial charge in [-0.3, -0.25) is 4.79 Å². The molecule has 0 heterocycles. The van der Waals surface area contributed by atoms with E-state index in [0.29, 0.717) is 4.47 Å². The molecule has 0 fully saturated rings. The monoisotopic (exact) mass is 342 g/mol. The van der Waals surface area contributed by atoms with Gasteiger partial charge in [-0.05, 0) is 30.3 Å². The fourth-order valence-corrected chi connectivity index (χ4v) is 1.95. The first kappa shape index (κ1) is 14.3. The molecule has 0 aliphatic heterocycles. The molecule has 0 saturated carbocycles. The number of benzene rings is 2. The molecule has 0 aliphatic rings.